The molecular weight excluding hydrogens is 252 g/mol. The van der Waals surface area contributed by atoms with Crippen molar-refractivity contribution in [2.24, 2.45) is 0 Å². The van der Waals surface area contributed by atoms with Crippen LogP contribution < -0.4 is 10.5 Å². The summed E-state index contributed by atoms with van der Waals surface area (Å²) in [5, 5.41) is 4.53. The summed E-state index contributed by atoms with van der Waals surface area (Å²) in [4.78, 5) is 3.99. The van der Waals surface area contributed by atoms with Crippen LogP contribution in [-0.2, 0) is 0 Å². The molecule has 0 bridgehead atoms. The van der Waals surface area contributed by atoms with Crippen LogP contribution in [-0.4, -0.2) is 21.9 Å². The monoisotopic (exact) mass is 266 g/mol. The molecule has 0 unspecified atom stereocenters. The van der Waals surface area contributed by atoms with E-state index in [2.05, 4.69) is 10.1 Å². The van der Waals surface area contributed by atoms with Crippen LogP contribution in [0.5, 0.6) is 5.75 Å². The van der Waals surface area contributed by atoms with E-state index >= 15 is 0 Å². The number of ether oxygens (including phenoxy) is 1. The highest BCUT2D eigenvalue weighted by atomic mass is 16.5. The van der Waals surface area contributed by atoms with Gasteiger partial charge in [-0.2, -0.15) is 5.10 Å². The lowest BCUT2D eigenvalue weighted by Crippen LogP contribution is -1.94. The van der Waals surface area contributed by atoms with Gasteiger partial charge in [0.2, 0.25) is 0 Å². The van der Waals surface area contributed by atoms with Crippen molar-refractivity contribution in [1.82, 2.24) is 14.8 Å². The molecule has 100 valence electrons. The molecular formula is C15H14N4O. The number of hydrogen-bond donors (Lipinski definition) is 1. The second-order valence-corrected chi connectivity index (χ2v) is 4.31. The van der Waals surface area contributed by atoms with Crippen LogP contribution in [0.4, 0.5) is 5.69 Å². The summed E-state index contributed by atoms with van der Waals surface area (Å²) in [7, 11) is 1.64. The van der Waals surface area contributed by atoms with Gasteiger partial charge in [0.1, 0.15) is 11.4 Å². The molecule has 2 N–H and O–H groups in total. The van der Waals surface area contributed by atoms with Crippen molar-refractivity contribution in [2.75, 3.05) is 12.8 Å². The largest absolute Gasteiger partial charge is 0.497 e. The van der Waals surface area contributed by atoms with Crippen LogP contribution in [0.15, 0.2) is 55.0 Å². The smallest absolute Gasteiger partial charge is 0.118 e. The first-order valence-electron chi connectivity index (χ1n) is 6.18. The fraction of sp³-hybridized carbons (Fsp3) is 0.0667. The number of nitrogen functional groups attached to an aromatic ring is 1. The molecule has 0 saturated carbocycles. The zero-order chi connectivity index (χ0) is 13.9. The predicted molar refractivity (Wildman–Crippen MR) is 77.8 cm³/mol. The Balaban J connectivity index is 2.00. The van der Waals surface area contributed by atoms with Gasteiger partial charge in [-0.1, -0.05) is 0 Å². The molecule has 0 amide bonds. The van der Waals surface area contributed by atoms with Crippen LogP contribution in [0.3, 0.4) is 0 Å². The van der Waals surface area contributed by atoms with E-state index in [1.165, 1.54) is 0 Å². The molecule has 0 aliphatic heterocycles. The lowest BCUT2D eigenvalue weighted by Gasteiger charge is -2.02. The minimum Gasteiger partial charge on any atom is -0.497 e. The summed E-state index contributed by atoms with van der Waals surface area (Å²) in [6.07, 6.45) is 5.25. The van der Waals surface area contributed by atoms with Crippen molar-refractivity contribution in [3.8, 4) is 22.7 Å². The van der Waals surface area contributed by atoms with Crippen LogP contribution >= 0.6 is 0 Å². The molecule has 0 fully saturated rings. The minimum absolute atomic E-state index is 0.631. The van der Waals surface area contributed by atoms with E-state index in [4.69, 9.17) is 10.5 Å². The number of hydrogen-bond acceptors (Lipinski definition) is 4. The second kappa shape index (κ2) is 5.05. The van der Waals surface area contributed by atoms with Gasteiger partial charge in [-0.05, 0) is 36.4 Å². The maximum absolute atomic E-state index is 6.05. The number of benzene rings is 1. The fourth-order valence-electron chi connectivity index (χ4n) is 1.99. The molecule has 3 rings (SSSR count). The predicted octanol–water partition coefficient (Wildman–Crippen LogP) is 2.53. The molecule has 1 aromatic carbocycles. The molecule has 0 aliphatic carbocycles. The maximum Gasteiger partial charge on any atom is 0.118 e. The molecule has 20 heavy (non-hydrogen) atoms. The first-order valence-corrected chi connectivity index (χ1v) is 6.18. The third-order valence-electron chi connectivity index (χ3n) is 3.03. The summed E-state index contributed by atoms with van der Waals surface area (Å²) in [5.74, 6) is 0.806. The Morgan fingerprint density at radius 2 is 1.75 bits per heavy atom. The Morgan fingerprint density at radius 3 is 2.40 bits per heavy atom. The minimum atomic E-state index is 0.631. The molecule has 0 radical (unpaired) electrons. The number of pyridine rings is 1. The van der Waals surface area contributed by atoms with Gasteiger partial charge in [0.25, 0.3) is 0 Å². The lowest BCUT2D eigenvalue weighted by molar-refractivity contribution is 0.415. The number of nitrogens with zero attached hydrogens (tertiary/aromatic N) is 3. The van der Waals surface area contributed by atoms with Crippen LogP contribution in [0.25, 0.3) is 16.9 Å². The van der Waals surface area contributed by atoms with Crippen molar-refractivity contribution in [1.29, 1.82) is 0 Å². The molecule has 2 heterocycles. The van der Waals surface area contributed by atoms with Crippen molar-refractivity contribution >= 4 is 5.69 Å². The standard InChI is InChI=1S/C15H14N4O/c1-20-13-4-2-11(3-5-13)15-14(16)10-19(18-15)12-6-8-17-9-7-12/h2-10H,16H2,1H3. The van der Waals surface area contributed by atoms with Crippen LogP contribution in [0.2, 0.25) is 0 Å². The van der Waals surface area contributed by atoms with E-state index in [9.17, 15) is 0 Å². The Kier molecular flexibility index (Phi) is 3.09. The summed E-state index contributed by atoms with van der Waals surface area (Å²) >= 11 is 0. The Morgan fingerprint density at radius 1 is 1.05 bits per heavy atom. The van der Waals surface area contributed by atoms with Gasteiger partial charge in [0.05, 0.1) is 24.7 Å². The van der Waals surface area contributed by atoms with Gasteiger partial charge in [-0.15, -0.1) is 0 Å². The highest BCUT2D eigenvalue weighted by molar-refractivity contribution is 5.72. The summed E-state index contributed by atoms with van der Waals surface area (Å²) < 4.78 is 6.89. The first kappa shape index (κ1) is 12.2. The maximum atomic E-state index is 6.05. The average Bonchev–Trinajstić information content (AvgIpc) is 2.90. The van der Waals surface area contributed by atoms with Gasteiger partial charge < -0.3 is 10.5 Å². The molecule has 2 aromatic heterocycles. The Labute approximate surface area is 116 Å². The summed E-state index contributed by atoms with van der Waals surface area (Å²) in [5.41, 5.74) is 9.31. The molecule has 0 spiro atoms. The van der Waals surface area contributed by atoms with Crippen molar-refractivity contribution in [2.45, 2.75) is 0 Å². The molecule has 5 heteroatoms. The van der Waals surface area contributed by atoms with Gasteiger partial charge in [-0.25, -0.2) is 4.68 Å². The van der Waals surface area contributed by atoms with Crippen LogP contribution in [0, 0.1) is 0 Å². The average molecular weight is 266 g/mol. The molecule has 0 aliphatic rings. The lowest BCUT2D eigenvalue weighted by atomic mass is 10.1. The van der Waals surface area contributed by atoms with Gasteiger partial charge in [-0.3, -0.25) is 4.98 Å². The van der Waals surface area contributed by atoms with Crippen molar-refractivity contribution in [3.63, 3.8) is 0 Å². The normalized spacial score (nSPS) is 10.4. The number of nitrogens with two attached hydrogens (primary N) is 1. The quantitative estimate of drug-likeness (QED) is 0.791. The van der Waals surface area contributed by atoms with Crippen LogP contribution in [0.1, 0.15) is 0 Å². The summed E-state index contributed by atoms with van der Waals surface area (Å²) in [6, 6.07) is 11.4. The Bertz CT molecular complexity index is 704. The zero-order valence-corrected chi connectivity index (χ0v) is 11.0. The van der Waals surface area contributed by atoms with Crippen molar-refractivity contribution in [3.05, 3.63) is 55.0 Å². The van der Waals surface area contributed by atoms with Gasteiger partial charge >= 0.3 is 0 Å². The fourth-order valence-corrected chi connectivity index (χ4v) is 1.99. The third-order valence-corrected chi connectivity index (χ3v) is 3.03. The topological polar surface area (TPSA) is 66.0 Å². The van der Waals surface area contributed by atoms with E-state index in [0.29, 0.717) is 5.69 Å². The van der Waals surface area contributed by atoms with Crippen molar-refractivity contribution < 1.29 is 4.74 Å². The molecule has 0 saturated heterocycles. The van der Waals surface area contributed by atoms with E-state index < -0.39 is 0 Å². The highest BCUT2D eigenvalue weighted by Crippen LogP contribution is 2.26. The van der Waals surface area contributed by atoms with E-state index in [-0.39, 0.29) is 0 Å². The first-order chi connectivity index (χ1) is 9.78. The number of rotatable bonds is 3. The van der Waals surface area contributed by atoms with Gasteiger partial charge in [0.15, 0.2) is 0 Å². The van der Waals surface area contributed by atoms with E-state index in [1.54, 1.807) is 30.4 Å². The van der Waals surface area contributed by atoms with E-state index in [0.717, 1.165) is 22.7 Å². The number of methoxy groups -OCH3 is 1. The van der Waals surface area contributed by atoms with Gasteiger partial charge in [0, 0.05) is 18.0 Å². The molecule has 0 atom stereocenters. The Hall–Kier alpha value is -2.82. The molecule has 3 aromatic rings. The SMILES string of the molecule is COc1ccc(-c2nn(-c3ccncc3)cc2N)cc1. The molecule has 5 nitrogen and oxygen atoms in total. The number of aromatic nitrogens is 3. The summed E-state index contributed by atoms with van der Waals surface area (Å²) in [6.45, 7) is 0. The second-order valence-electron chi connectivity index (χ2n) is 4.31. The number of anilines is 1. The third kappa shape index (κ3) is 2.21. The highest BCUT2D eigenvalue weighted by Gasteiger charge is 2.09. The zero-order valence-electron chi connectivity index (χ0n) is 11.0. The van der Waals surface area contributed by atoms with E-state index in [1.807, 2.05) is 36.4 Å².